The Morgan fingerprint density at radius 3 is 2.86 bits per heavy atom. The van der Waals surface area contributed by atoms with Crippen LogP contribution in [0.15, 0.2) is 5.11 Å². The summed E-state index contributed by atoms with van der Waals surface area (Å²) in [6.45, 7) is 7.14. The molecule has 1 aliphatic heterocycles. The highest BCUT2D eigenvalue weighted by atomic mass is 16.6. The number of ether oxygens (including phenoxy) is 1. The van der Waals surface area contributed by atoms with Gasteiger partial charge in [-0.15, -0.1) is 0 Å². The molecule has 2 amide bonds. The first-order valence-electron chi connectivity index (χ1n) is 6.83. The first-order valence-corrected chi connectivity index (χ1v) is 6.83. The number of piperazine rings is 1. The Kier molecular flexibility index (Phi) is 6.26. The smallest absolute Gasteiger partial charge is 0.410 e. The second kappa shape index (κ2) is 7.70. The van der Waals surface area contributed by atoms with Crippen LogP contribution >= 0.6 is 0 Å². The van der Waals surface area contributed by atoms with Crippen LogP contribution in [0.3, 0.4) is 0 Å². The summed E-state index contributed by atoms with van der Waals surface area (Å²) in [5.41, 5.74) is 7.58. The molecular weight excluding hydrogens is 276 g/mol. The number of nitrogens with one attached hydrogen (secondary N) is 2. The van der Waals surface area contributed by atoms with Crippen LogP contribution in [0, 0.1) is 0 Å². The molecule has 0 aromatic carbocycles. The van der Waals surface area contributed by atoms with Crippen molar-refractivity contribution in [2.45, 2.75) is 32.4 Å². The number of nitrogens with zero attached hydrogens (tertiary/aromatic N) is 4. The lowest BCUT2D eigenvalue weighted by molar-refractivity contribution is -0.124. The minimum Gasteiger partial charge on any atom is -0.444 e. The average molecular weight is 298 g/mol. The van der Waals surface area contributed by atoms with E-state index in [2.05, 4.69) is 20.7 Å². The zero-order valence-electron chi connectivity index (χ0n) is 12.6. The van der Waals surface area contributed by atoms with Gasteiger partial charge in [0.15, 0.2) is 0 Å². The lowest BCUT2D eigenvalue weighted by atomic mass is 10.2. The molecule has 9 nitrogen and oxygen atoms in total. The van der Waals surface area contributed by atoms with Crippen molar-refractivity contribution in [1.29, 1.82) is 0 Å². The van der Waals surface area contributed by atoms with Gasteiger partial charge in [-0.25, -0.2) is 4.79 Å². The Bertz CT molecular complexity index is 427. The van der Waals surface area contributed by atoms with Gasteiger partial charge in [0.2, 0.25) is 5.91 Å². The first kappa shape index (κ1) is 17.1. The predicted octanol–water partition coefficient (Wildman–Crippen LogP) is 0.622. The molecule has 118 valence electrons. The van der Waals surface area contributed by atoms with Crippen LogP contribution in [0.1, 0.15) is 20.8 Å². The van der Waals surface area contributed by atoms with Crippen molar-refractivity contribution in [3.05, 3.63) is 10.4 Å². The number of rotatable bonds is 4. The van der Waals surface area contributed by atoms with E-state index in [1.54, 1.807) is 20.8 Å². The quantitative estimate of drug-likeness (QED) is 0.342. The van der Waals surface area contributed by atoms with Gasteiger partial charge in [-0.05, 0) is 26.3 Å². The molecule has 1 fully saturated rings. The van der Waals surface area contributed by atoms with Crippen molar-refractivity contribution in [2.24, 2.45) is 5.11 Å². The second-order valence-electron chi connectivity index (χ2n) is 5.68. The molecule has 2 N–H and O–H groups in total. The van der Waals surface area contributed by atoms with Gasteiger partial charge in [-0.1, -0.05) is 5.11 Å². The molecule has 1 saturated heterocycles. The summed E-state index contributed by atoms with van der Waals surface area (Å²) in [5.74, 6) is -0.226. The monoisotopic (exact) mass is 298 g/mol. The van der Waals surface area contributed by atoms with E-state index in [0.29, 0.717) is 13.1 Å². The topological polar surface area (TPSA) is 119 Å². The van der Waals surface area contributed by atoms with E-state index < -0.39 is 17.7 Å². The van der Waals surface area contributed by atoms with Crippen LogP contribution in [-0.4, -0.2) is 61.3 Å². The zero-order valence-corrected chi connectivity index (χ0v) is 12.6. The largest absolute Gasteiger partial charge is 0.444 e. The van der Waals surface area contributed by atoms with Crippen LogP contribution in [-0.2, 0) is 9.53 Å². The second-order valence-corrected chi connectivity index (χ2v) is 5.68. The lowest BCUT2D eigenvalue weighted by Crippen LogP contribution is -2.59. The lowest BCUT2D eigenvalue weighted by Gasteiger charge is -2.34. The van der Waals surface area contributed by atoms with Gasteiger partial charge in [0.25, 0.3) is 0 Å². The fourth-order valence-corrected chi connectivity index (χ4v) is 1.81. The Morgan fingerprint density at radius 2 is 2.24 bits per heavy atom. The maximum absolute atomic E-state index is 12.0. The van der Waals surface area contributed by atoms with Crippen molar-refractivity contribution >= 4 is 12.0 Å². The molecule has 0 spiro atoms. The summed E-state index contributed by atoms with van der Waals surface area (Å²) in [5, 5.41) is 9.03. The van der Waals surface area contributed by atoms with Crippen LogP contribution in [0.4, 0.5) is 4.79 Å². The summed E-state index contributed by atoms with van der Waals surface area (Å²) in [6, 6.07) is -0.489. The normalized spacial score (nSPS) is 18.6. The first-order chi connectivity index (χ1) is 9.83. The van der Waals surface area contributed by atoms with Crippen molar-refractivity contribution in [3.63, 3.8) is 0 Å². The number of carbonyl (C=O) groups is 2. The van der Waals surface area contributed by atoms with Crippen LogP contribution in [0.25, 0.3) is 10.4 Å². The SMILES string of the molecule is CC(C)(C)OC(=O)N1CCN[C@@H](C(=O)NCCN=[N+]=[N-])C1. The number of azide groups is 1. The van der Waals surface area contributed by atoms with Crippen molar-refractivity contribution in [3.8, 4) is 0 Å². The number of hydrogen-bond donors (Lipinski definition) is 2. The van der Waals surface area contributed by atoms with Crippen molar-refractivity contribution < 1.29 is 14.3 Å². The third-order valence-corrected chi connectivity index (χ3v) is 2.72. The predicted molar refractivity (Wildman–Crippen MR) is 76.6 cm³/mol. The molecule has 0 aromatic rings. The highest BCUT2D eigenvalue weighted by Gasteiger charge is 2.30. The summed E-state index contributed by atoms with van der Waals surface area (Å²) in [4.78, 5) is 28.0. The van der Waals surface area contributed by atoms with Gasteiger partial charge in [-0.2, -0.15) is 0 Å². The highest BCUT2D eigenvalue weighted by molar-refractivity contribution is 5.83. The van der Waals surface area contributed by atoms with Gasteiger partial charge >= 0.3 is 6.09 Å². The maximum Gasteiger partial charge on any atom is 0.410 e. The van der Waals surface area contributed by atoms with E-state index >= 15 is 0 Å². The molecule has 1 atom stereocenters. The van der Waals surface area contributed by atoms with Gasteiger partial charge in [0.1, 0.15) is 11.6 Å². The summed E-state index contributed by atoms with van der Waals surface area (Å²) >= 11 is 0. The van der Waals surface area contributed by atoms with Gasteiger partial charge in [0, 0.05) is 37.6 Å². The average Bonchev–Trinajstić information content (AvgIpc) is 2.41. The molecule has 0 radical (unpaired) electrons. The third kappa shape index (κ3) is 6.33. The molecule has 0 aliphatic carbocycles. The van der Waals surface area contributed by atoms with E-state index in [4.69, 9.17) is 10.3 Å². The standard InChI is InChI=1S/C12H22N6O3/c1-12(2,3)21-11(20)18-7-6-14-9(8-18)10(19)15-4-5-16-17-13/h9,14H,4-8H2,1-3H3,(H,15,19)/t9-/m1/s1. The van der Waals surface area contributed by atoms with Crippen molar-refractivity contribution in [1.82, 2.24) is 15.5 Å². The van der Waals surface area contributed by atoms with Gasteiger partial charge in [-0.3, -0.25) is 4.79 Å². The van der Waals surface area contributed by atoms with Crippen LogP contribution in [0.2, 0.25) is 0 Å². The van der Waals surface area contributed by atoms with E-state index in [1.165, 1.54) is 4.90 Å². The van der Waals surface area contributed by atoms with E-state index in [1.807, 2.05) is 0 Å². The fraction of sp³-hybridized carbons (Fsp3) is 0.833. The molecule has 1 aliphatic rings. The Hall–Kier alpha value is -1.99. The number of amides is 2. The molecule has 1 heterocycles. The molecule has 21 heavy (non-hydrogen) atoms. The molecule has 9 heteroatoms. The Morgan fingerprint density at radius 1 is 1.52 bits per heavy atom. The van der Waals surface area contributed by atoms with Gasteiger partial charge < -0.3 is 20.3 Å². The summed E-state index contributed by atoms with van der Waals surface area (Å²) in [6.07, 6.45) is -0.420. The summed E-state index contributed by atoms with van der Waals surface area (Å²) < 4.78 is 5.29. The van der Waals surface area contributed by atoms with E-state index in [9.17, 15) is 9.59 Å². The summed E-state index contributed by atoms with van der Waals surface area (Å²) in [7, 11) is 0. The van der Waals surface area contributed by atoms with Crippen molar-refractivity contribution in [2.75, 3.05) is 32.7 Å². The molecule has 0 aromatic heterocycles. The van der Waals surface area contributed by atoms with E-state index in [0.717, 1.165) is 0 Å². The maximum atomic E-state index is 12.0. The zero-order chi connectivity index (χ0) is 15.9. The highest BCUT2D eigenvalue weighted by Crippen LogP contribution is 2.11. The third-order valence-electron chi connectivity index (χ3n) is 2.72. The molecule has 0 unspecified atom stereocenters. The van der Waals surface area contributed by atoms with Crippen LogP contribution < -0.4 is 10.6 Å². The van der Waals surface area contributed by atoms with E-state index in [-0.39, 0.29) is 25.5 Å². The molecular formula is C12H22N6O3. The molecule has 0 bridgehead atoms. The Balaban J connectivity index is 2.46. The minimum absolute atomic E-state index is 0.199. The fourth-order valence-electron chi connectivity index (χ4n) is 1.81. The van der Waals surface area contributed by atoms with Crippen LogP contribution in [0.5, 0.6) is 0 Å². The van der Waals surface area contributed by atoms with Gasteiger partial charge in [0.05, 0.1) is 0 Å². The number of hydrogen-bond acceptors (Lipinski definition) is 5. The minimum atomic E-state index is -0.561. The molecule has 1 rings (SSSR count). The molecule has 0 saturated carbocycles. The Labute approximate surface area is 123 Å². The number of carbonyl (C=O) groups excluding carboxylic acids is 2.